The number of carbonyl (C=O) groups excluding carboxylic acids is 1. The highest BCUT2D eigenvalue weighted by atomic mass is 16.7. The molecule has 10 nitrogen and oxygen atoms in total. The van der Waals surface area contributed by atoms with E-state index in [4.69, 9.17) is 9.47 Å². The SMILES string of the molecule is C[C@@H]1[C@H](CN2CCN(c3ncccn3)CC2)O[C@H](c2ccc(CNC(=O)NC34CC5CC(CC(C5)C3)C4)cc2)O[C@@H]1c1ccc(CO)cc1. The first-order valence-corrected chi connectivity index (χ1v) is 18.3. The third-order valence-corrected chi connectivity index (χ3v) is 11.9. The second-order valence-corrected chi connectivity index (χ2v) is 15.4. The fourth-order valence-electron chi connectivity index (χ4n) is 9.69. The molecule has 260 valence electrons. The monoisotopic (exact) mass is 666 g/mol. The largest absolute Gasteiger partial charge is 0.392 e. The van der Waals surface area contributed by atoms with Crippen molar-refractivity contribution in [3.8, 4) is 0 Å². The van der Waals surface area contributed by atoms with Crippen molar-refractivity contribution in [1.29, 1.82) is 0 Å². The van der Waals surface area contributed by atoms with Crippen LogP contribution < -0.4 is 15.5 Å². The summed E-state index contributed by atoms with van der Waals surface area (Å²) in [4.78, 5) is 26.6. The number of aromatic nitrogens is 2. The molecular weight excluding hydrogens is 616 g/mol. The van der Waals surface area contributed by atoms with Crippen LogP contribution in [-0.2, 0) is 22.6 Å². The van der Waals surface area contributed by atoms with E-state index in [0.717, 1.165) is 97.9 Å². The number of aliphatic hydroxyl groups excluding tert-OH is 1. The number of urea groups is 1. The van der Waals surface area contributed by atoms with Gasteiger partial charge < -0.3 is 30.1 Å². The standard InChI is InChI=1S/C39H50N6O4/c1-26-34(24-44-13-15-45(16-14-44)37-40-11-2-12-41-37)48-36(49-35(26)32-7-5-28(25-46)6-8-32)33-9-3-27(4-10-33)23-42-38(47)43-39-20-29-17-30(21-39)19-31(18-29)22-39/h2-12,26,29-31,34-36,46H,13-25H2,1H3,(H2,42,43,47)/t26-,29?,30?,31?,34+,35+,36+,39?/m1/s1. The molecule has 4 saturated carbocycles. The fourth-order valence-corrected chi connectivity index (χ4v) is 9.69. The Morgan fingerprint density at radius 3 is 2.10 bits per heavy atom. The molecule has 2 aliphatic heterocycles. The van der Waals surface area contributed by atoms with E-state index in [1.165, 1.54) is 19.3 Å². The Bertz CT molecular complexity index is 1530. The minimum absolute atomic E-state index is 0.00484. The summed E-state index contributed by atoms with van der Waals surface area (Å²) >= 11 is 0. The number of hydrogen-bond acceptors (Lipinski definition) is 8. The Balaban J connectivity index is 0.913. The molecular formula is C39H50N6O4. The lowest BCUT2D eigenvalue weighted by atomic mass is 9.53. The van der Waals surface area contributed by atoms with E-state index in [-0.39, 0.29) is 36.3 Å². The molecule has 10 heteroatoms. The van der Waals surface area contributed by atoms with Crippen molar-refractivity contribution >= 4 is 12.0 Å². The average molecular weight is 667 g/mol. The number of hydrogen-bond donors (Lipinski definition) is 3. The van der Waals surface area contributed by atoms with Crippen LogP contribution in [0.1, 0.15) is 80.1 Å². The summed E-state index contributed by atoms with van der Waals surface area (Å²) in [5.41, 5.74) is 3.97. The van der Waals surface area contributed by atoms with Crippen molar-refractivity contribution < 1.29 is 19.4 Å². The zero-order valence-corrected chi connectivity index (χ0v) is 28.5. The molecule has 2 aromatic carbocycles. The van der Waals surface area contributed by atoms with Gasteiger partial charge in [-0.15, -0.1) is 0 Å². The summed E-state index contributed by atoms with van der Waals surface area (Å²) in [6.45, 7) is 7.06. The molecule has 9 rings (SSSR count). The molecule has 2 saturated heterocycles. The predicted octanol–water partition coefficient (Wildman–Crippen LogP) is 5.35. The van der Waals surface area contributed by atoms with Gasteiger partial charge in [-0.3, -0.25) is 4.90 Å². The molecule has 6 aliphatic rings. The van der Waals surface area contributed by atoms with E-state index in [2.05, 4.69) is 73.7 Å². The number of nitrogens with zero attached hydrogens (tertiary/aromatic N) is 4. The minimum atomic E-state index is -0.524. The van der Waals surface area contributed by atoms with E-state index >= 15 is 0 Å². The van der Waals surface area contributed by atoms with E-state index < -0.39 is 6.29 Å². The lowest BCUT2D eigenvalue weighted by molar-refractivity contribution is -0.276. The Hall–Kier alpha value is -3.57. The minimum Gasteiger partial charge on any atom is -0.392 e. The van der Waals surface area contributed by atoms with Crippen LogP contribution in [0.2, 0.25) is 0 Å². The first-order valence-electron chi connectivity index (χ1n) is 18.3. The van der Waals surface area contributed by atoms with Crippen LogP contribution in [0.25, 0.3) is 0 Å². The quantitative estimate of drug-likeness (QED) is 0.280. The number of anilines is 1. The van der Waals surface area contributed by atoms with Crippen molar-refractivity contribution in [2.75, 3.05) is 37.6 Å². The number of nitrogens with one attached hydrogen (secondary N) is 2. The number of piperazine rings is 1. The Morgan fingerprint density at radius 2 is 1.47 bits per heavy atom. The first kappa shape index (κ1) is 32.6. The summed E-state index contributed by atoms with van der Waals surface area (Å²) in [5, 5.41) is 16.2. The van der Waals surface area contributed by atoms with Gasteiger partial charge in [0.1, 0.15) is 0 Å². The molecule has 6 fully saturated rings. The summed E-state index contributed by atoms with van der Waals surface area (Å²) in [7, 11) is 0. The molecule has 0 spiro atoms. The van der Waals surface area contributed by atoms with E-state index in [9.17, 15) is 9.90 Å². The number of aliphatic hydroxyl groups is 1. The lowest BCUT2D eigenvalue weighted by Crippen LogP contribution is -2.61. The van der Waals surface area contributed by atoms with E-state index in [1.807, 2.05) is 18.2 Å². The maximum atomic E-state index is 13.1. The molecule has 4 atom stereocenters. The van der Waals surface area contributed by atoms with Crippen LogP contribution >= 0.6 is 0 Å². The molecule has 4 aliphatic carbocycles. The summed E-state index contributed by atoms with van der Waals surface area (Å²) in [6, 6.07) is 18.1. The lowest BCUT2D eigenvalue weighted by Gasteiger charge is -2.56. The van der Waals surface area contributed by atoms with Crippen molar-refractivity contribution in [1.82, 2.24) is 25.5 Å². The number of rotatable bonds is 9. The maximum absolute atomic E-state index is 13.1. The Kier molecular flexibility index (Phi) is 9.31. The summed E-state index contributed by atoms with van der Waals surface area (Å²) < 4.78 is 13.4. The van der Waals surface area contributed by atoms with Gasteiger partial charge in [0.05, 0.1) is 18.8 Å². The first-order chi connectivity index (χ1) is 23.9. The van der Waals surface area contributed by atoms with Crippen molar-refractivity contribution in [3.05, 3.63) is 89.2 Å². The van der Waals surface area contributed by atoms with Gasteiger partial charge in [-0.1, -0.05) is 55.5 Å². The van der Waals surface area contributed by atoms with E-state index in [0.29, 0.717) is 6.54 Å². The molecule has 49 heavy (non-hydrogen) atoms. The van der Waals surface area contributed by atoms with Crippen LogP contribution in [0.15, 0.2) is 67.0 Å². The fraction of sp³-hybridized carbons (Fsp3) is 0.564. The van der Waals surface area contributed by atoms with E-state index in [1.54, 1.807) is 12.4 Å². The number of ether oxygens (including phenoxy) is 2. The second-order valence-electron chi connectivity index (χ2n) is 15.4. The molecule has 2 amide bonds. The van der Waals surface area contributed by atoms with Gasteiger partial charge in [-0.2, -0.15) is 0 Å². The molecule has 1 aromatic heterocycles. The van der Waals surface area contributed by atoms with Gasteiger partial charge in [0, 0.05) is 68.7 Å². The molecule has 0 radical (unpaired) electrons. The summed E-state index contributed by atoms with van der Waals surface area (Å²) in [6.07, 6.45) is 10.4. The molecule has 3 heterocycles. The van der Waals surface area contributed by atoms with Crippen LogP contribution in [0.5, 0.6) is 0 Å². The maximum Gasteiger partial charge on any atom is 0.315 e. The number of benzene rings is 2. The van der Waals surface area contributed by atoms with Gasteiger partial charge in [-0.05, 0) is 79.0 Å². The smallest absolute Gasteiger partial charge is 0.315 e. The predicted molar refractivity (Wildman–Crippen MR) is 186 cm³/mol. The van der Waals surface area contributed by atoms with Gasteiger partial charge in [0.25, 0.3) is 0 Å². The number of carbonyl (C=O) groups is 1. The highest BCUT2D eigenvalue weighted by Crippen LogP contribution is 2.55. The molecule has 4 bridgehead atoms. The topological polar surface area (TPSA) is 112 Å². The van der Waals surface area contributed by atoms with Crippen LogP contribution in [-0.4, -0.2) is 70.4 Å². The van der Waals surface area contributed by atoms with Crippen molar-refractivity contribution in [2.45, 2.75) is 82.6 Å². The average Bonchev–Trinajstić information content (AvgIpc) is 3.12. The Labute approximate surface area is 289 Å². The third-order valence-electron chi connectivity index (χ3n) is 11.9. The van der Waals surface area contributed by atoms with Crippen molar-refractivity contribution in [3.63, 3.8) is 0 Å². The highest BCUT2D eigenvalue weighted by molar-refractivity contribution is 5.75. The van der Waals surface area contributed by atoms with Gasteiger partial charge in [-0.25, -0.2) is 14.8 Å². The highest BCUT2D eigenvalue weighted by Gasteiger charge is 2.51. The zero-order chi connectivity index (χ0) is 33.4. The zero-order valence-electron chi connectivity index (χ0n) is 28.5. The van der Waals surface area contributed by atoms with Gasteiger partial charge in [0.15, 0.2) is 6.29 Å². The van der Waals surface area contributed by atoms with Crippen molar-refractivity contribution in [2.24, 2.45) is 23.7 Å². The van der Waals surface area contributed by atoms with Gasteiger partial charge >= 0.3 is 6.03 Å². The molecule has 0 unspecified atom stereocenters. The van der Waals surface area contributed by atoms with Crippen LogP contribution in [0.4, 0.5) is 10.7 Å². The van der Waals surface area contributed by atoms with Crippen LogP contribution in [0.3, 0.4) is 0 Å². The Morgan fingerprint density at radius 1 is 0.857 bits per heavy atom. The van der Waals surface area contributed by atoms with Gasteiger partial charge in [0.2, 0.25) is 5.95 Å². The van der Waals surface area contributed by atoms with Crippen LogP contribution in [0, 0.1) is 23.7 Å². The second kappa shape index (κ2) is 14.0. The normalized spacial score (nSPS) is 32.6. The summed E-state index contributed by atoms with van der Waals surface area (Å²) in [5.74, 6) is 3.29. The molecule has 3 aromatic rings. The molecule has 3 N–H and O–H groups in total. The third kappa shape index (κ3) is 7.20. The number of amides is 2.